The Labute approximate surface area is 114 Å². The molecule has 1 saturated heterocycles. The van der Waals surface area contributed by atoms with Crippen molar-refractivity contribution in [3.63, 3.8) is 0 Å². The van der Waals surface area contributed by atoms with Crippen LogP contribution in [0.25, 0.3) is 0 Å². The Morgan fingerprint density at radius 1 is 1.37 bits per heavy atom. The van der Waals surface area contributed by atoms with Crippen LogP contribution in [0.15, 0.2) is 23.2 Å². The van der Waals surface area contributed by atoms with Gasteiger partial charge in [0.15, 0.2) is 6.10 Å². The molecule has 0 spiro atoms. The maximum Gasteiger partial charge on any atom is 0.153 e. The topological polar surface area (TPSA) is 50.8 Å². The van der Waals surface area contributed by atoms with E-state index >= 15 is 0 Å². The van der Waals surface area contributed by atoms with Crippen LogP contribution in [0.5, 0.6) is 5.75 Å². The molecule has 2 atom stereocenters. The Balaban J connectivity index is 1.91. The van der Waals surface area contributed by atoms with Gasteiger partial charge in [0.25, 0.3) is 0 Å². The number of likely N-dealkylation sites (tertiary alicyclic amines) is 1. The predicted octanol–water partition coefficient (Wildman–Crippen LogP) is 2.81. The SMILES string of the molecule is CC1CCCN(C2=Nc3ccc(N)cc3OC2C)C1. The van der Waals surface area contributed by atoms with E-state index in [4.69, 9.17) is 15.5 Å². The summed E-state index contributed by atoms with van der Waals surface area (Å²) in [6, 6.07) is 5.66. The Hall–Kier alpha value is -1.71. The van der Waals surface area contributed by atoms with Gasteiger partial charge in [0.05, 0.1) is 0 Å². The van der Waals surface area contributed by atoms with Gasteiger partial charge in [0.1, 0.15) is 17.3 Å². The molecule has 1 aromatic carbocycles. The Morgan fingerprint density at radius 3 is 3.00 bits per heavy atom. The molecular weight excluding hydrogens is 238 g/mol. The van der Waals surface area contributed by atoms with Gasteiger partial charge in [-0.15, -0.1) is 0 Å². The minimum Gasteiger partial charge on any atom is -0.480 e. The zero-order valence-corrected chi connectivity index (χ0v) is 11.6. The summed E-state index contributed by atoms with van der Waals surface area (Å²) in [5.74, 6) is 2.58. The van der Waals surface area contributed by atoms with Crippen molar-refractivity contribution < 1.29 is 4.74 Å². The lowest BCUT2D eigenvalue weighted by Gasteiger charge is -2.37. The summed E-state index contributed by atoms with van der Waals surface area (Å²) in [7, 11) is 0. The molecule has 4 heteroatoms. The standard InChI is InChI=1S/C15H21N3O/c1-10-4-3-7-18(9-10)15-11(2)19-14-8-12(16)5-6-13(14)17-15/h5-6,8,10-11H,3-4,7,9,16H2,1-2H3. The Bertz CT molecular complexity index is 512. The number of nitrogens with zero attached hydrogens (tertiary/aromatic N) is 2. The maximum absolute atomic E-state index is 5.96. The molecular formula is C15H21N3O. The lowest BCUT2D eigenvalue weighted by molar-refractivity contribution is 0.220. The van der Waals surface area contributed by atoms with Gasteiger partial charge in [0.2, 0.25) is 0 Å². The molecule has 0 bridgehead atoms. The van der Waals surface area contributed by atoms with Crippen LogP contribution in [0.4, 0.5) is 11.4 Å². The van der Waals surface area contributed by atoms with E-state index in [0.29, 0.717) is 0 Å². The van der Waals surface area contributed by atoms with Crippen LogP contribution in [-0.4, -0.2) is 29.9 Å². The van der Waals surface area contributed by atoms with Crippen molar-refractivity contribution in [3.05, 3.63) is 18.2 Å². The van der Waals surface area contributed by atoms with Gasteiger partial charge in [-0.05, 0) is 37.8 Å². The molecule has 2 heterocycles. The van der Waals surface area contributed by atoms with E-state index in [0.717, 1.165) is 42.0 Å². The summed E-state index contributed by atoms with van der Waals surface area (Å²) in [4.78, 5) is 7.16. The van der Waals surface area contributed by atoms with Crippen LogP contribution in [0, 0.1) is 5.92 Å². The van der Waals surface area contributed by atoms with Crippen molar-refractivity contribution >= 4 is 17.2 Å². The number of hydrogen-bond donors (Lipinski definition) is 1. The van der Waals surface area contributed by atoms with Crippen LogP contribution in [0.2, 0.25) is 0 Å². The largest absolute Gasteiger partial charge is 0.480 e. The number of amidine groups is 1. The second-order valence-electron chi connectivity index (χ2n) is 5.65. The third kappa shape index (κ3) is 2.39. The predicted molar refractivity (Wildman–Crippen MR) is 78.0 cm³/mol. The quantitative estimate of drug-likeness (QED) is 0.729. The highest BCUT2D eigenvalue weighted by molar-refractivity contribution is 5.91. The fourth-order valence-electron chi connectivity index (χ4n) is 2.90. The zero-order chi connectivity index (χ0) is 13.4. The molecule has 0 radical (unpaired) electrons. The summed E-state index contributed by atoms with van der Waals surface area (Å²) < 4.78 is 5.96. The van der Waals surface area contributed by atoms with Crippen LogP contribution in [-0.2, 0) is 0 Å². The molecule has 102 valence electrons. The maximum atomic E-state index is 5.96. The molecule has 2 aliphatic rings. The lowest BCUT2D eigenvalue weighted by atomic mass is 9.99. The molecule has 2 N–H and O–H groups in total. The number of nitrogens with two attached hydrogens (primary N) is 1. The fraction of sp³-hybridized carbons (Fsp3) is 0.533. The van der Waals surface area contributed by atoms with Crippen LogP contribution < -0.4 is 10.5 Å². The number of benzene rings is 1. The summed E-state index contributed by atoms with van der Waals surface area (Å²) in [6.07, 6.45) is 2.55. The molecule has 1 fully saturated rings. The van der Waals surface area contributed by atoms with Gasteiger partial charge in [-0.1, -0.05) is 6.92 Å². The number of rotatable bonds is 0. The van der Waals surface area contributed by atoms with Crippen molar-refractivity contribution in [2.75, 3.05) is 18.8 Å². The lowest BCUT2D eigenvalue weighted by Crippen LogP contribution is -2.46. The third-order valence-electron chi connectivity index (χ3n) is 3.87. The first-order valence-electron chi connectivity index (χ1n) is 7.03. The van der Waals surface area contributed by atoms with Crippen molar-refractivity contribution in [3.8, 4) is 5.75 Å². The van der Waals surface area contributed by atoms with Gasteiger partial charge in [-0.2, -0.15) is 0 Å². The van der Waals surface area contributed by atoms with Gasteiger partial charge >= 0.3 is 0 Å². The molecule has 19 heavy (non-hydrogen) atoms. The van der Waals surface area contributed by atoms with Crippen molar-refractivity contribution in [2.24, 2.45) is 10.9 Å². The highest BCUT2D eigenvalue weighted by Gasteiger charge is 2.28. The fourth-order valence-corrected chi connectivity index (χ4v) is 2.90. The van der Waals surface area contributed by atoms with Crippen molar-refractivity contribution in [2.45, 2.75) is 32.8 Å². The highest BCUT2D eigenvalue weighted by Crippen LogP contribution is 2.35. The summed E-state index contributed by atoms with van der Waals surface area (Å²) in [6.45, 7) is 6.53. The average Bonchev–Trinajstić information content (AvgIpc) is 2.37. The van der Waals surface area contributed by atoms with E-state index in [1.54, 1.807) is 0 Å². The molecule has 0 saturated carbocycles. The van der Waals surface area contributed by atoms with E-state index in [1.807, 2.05) is 18.2 Å². The summed E-state index contributed by atoms with van der Waals surface area (Å²) in [5.41, 5.74) is 7.39. The molecule has 0 amide bonds. The zero-order valence-electron chi connectivity index (χ0n) is 11.6. The van der Waals surface area contributed by atoms with Crippen LogP contribution in [0.3, 0.4) is 0 Å². The first-order valence-corrected chi connectivity index (χ1v) is 7.03. The molecule has 0 aromatic heterocycles. The molecule has 1 aromatic rings. The second-order valence-corrected chi connectivity index (χ2v) is 5.65. The van der Waals surface area contributed by atoms with Crippen LogP contribution >= 0.6 is 0 Å². The Morgan fingerprint density at radius 2 is 2.21 bits per heavy atom. The van der Waals surface area contributed by atoms with Gasteiger partial charge < -0.3 is 15.4 Å². The minimum absolute atomic E-state index is 0.000370. The highest BCUT2D eigenvalue weighted by atomic mass is 16.5. The first kappa shape index (κ1) is 12.3. The smallest absolute Gasteiger partial charge is 0.153 e. The molecule has 4 nitrogen and oxygen atoms in total. The molecule has 3 rings (SSSR count). The van der Waals surface area contributed by atoms with E-state index in [1.165, 1.54) is 12.8 Å². The van der Waals surface area contributed by atoms with Gasteiger partial charge in [-0.25, -0.2) is 4.99 Å². The summed E-state index contributed by atoms with van der Waals surface area (Å²) in [5, 5.41) is 0. The number of piperidine rings is 1. The number of aliphatic imine (C=N–C) groups is 1. The van der Waals surface area contributed by atoms with Gasteiger partial charge in [-0.3, -0.25) is 0 Å². The first-order chi connectivity index (χ1) is 9.13. The Kier molecular flexibility index (Phi) is 3.09. The summed E-state index contributed by atoms with van der Waals surface area (Å²) >= 11 is 0. The second kappa shape index (κ2) is 4.76. The molecule has 2 aliphatic heterocycles. The van der Waals surface area contributed by atoms with E-state index in [9.17, 15) is 0 Å². The number of anilines is 1. The third-order valence-corrected chi connectivity index (χ3v) is 3.87. The normalized spacial score (nSPS) is 26.4. The van der Waals surface area contributed by atoms with Gasteiger partial charge in [0, 0.05) is 24.8 Å². The number of nitrogen functional groups attached to an aromatic ring is 1. The number of hydrogen-bond acceptors (Lipinski definition) is 4. The monoisotopic (exact) mass is 259 g/mol. The van der Waals surface area contributed by atoms with Crippen LogP contribution in [0.1, 0.15) is 26.7 Å². The molecule has 2 unspecified atom stereocenters. The number of ether oxygens (including phenoxy) is 1. The number of fused-ring (bicyclic) bond motifs is 1. The van der Waals surface area contributed by atoms with Crippen molar-refractivity contribution in [1.82, 2.24) is 4.90 Å². The van der Waals surface area contributed by atoms with E-state index in [-0.39, 0.29) is 6.10 Å². The minimum atomic E-state index is -0.000370. The van der Waals surface area contributed by atoms with E-state index in [2.05, 4.69) is 18.7 Å². The average molecular weight is 259 g/mol. The van der Waals surface area contributed by atoms with E-state index < -0.39 is 0 Å². The van der Waals surface area contributed by atoms with Crippen molar-refractivity contribution in [1.29, 1.82) is 0 Å². The molecule has 0 aliphatic carbocycles.